The fraction of sp³-hybridized carbons (Fsp3) is 0.387. The van der Waals surface area contributed by atoms with Gasteiger partial charge in [0.1, 0.15) is 12.2 Å². The SMILES string of the molecule is C=C(F)C(=O)Nc1cc(Nc2ncc(Cl)c(Nc3ccccc3P(C)(C)=O)n2)ccc1N1CCC2(CC1)CC(N(C)C)C2. The van der Waals surface area contributed by atoms with Gasteiger partial charge in [0.15, 0.2) is 11.6 Å². The number of nitrogens with one attached hydrogen (secondary N) is 3. The highest BCUT2D eigenvalue weighted by atomic mass is 35.5. The third-order valence-electron chi connectivity index (χ3n) is 8.46. The number of hydrogen-bond donors (Lipinski definition) is 3. The highest BCUT2D eigenvalue weighted by Gasteiger charge is 2.46. The molecule has 1 aliphatic carbocycles. The molecule has 0 bridgehead atoms. The Morgan fingerprint density at radius 3 is 2.47 bits per heavy atom. The lowest BCUT2D eigenvalue weighted by Crippen LogP contribution is -2.53. The molecule has 2 fully saturated rings. The smallest absolute Gasteiger partial charge is 0.283 e. The second kappa shape index (κ2) is 12.3. The van der Waals surface area contributed by atoms with Crippen LogP contribution in [0.2, 0.25) is 5.02 Å². The molecule has 1 aliphatic heterocycles. The molecular formula is C31H38ClFN7O2P. The predicted molar refractivity (Wildman–Crippen MR) is 175 cm³/mol. The van der Waals surface area contributed by atoms with E-state index in [-0.39, 0.29) is 5.95 Å². The summed E-state index contributed by atoms with van der Waals surface area (Å²) in [5.74, 6) is -1.36. The maximum absolute atomic E-state index is 13.7. The van der Waals surface area contributed by atoms with Crippen molar-refractivity contribution >= 4 is 64.5 Å². The van der Waals surface area contributed by atoms with Gasteiger partial charge in [-0.25, -0.2) is 9.37 Å². The Morgan fingerprint density at radius 2 is 1.81 bits per heavy atom. The number of rotatable bonds is 9. The molecule has 12 heteroatoms. The van der Waals surface area contributed by atoms with Gasteiger partial charge in [-0.1, -0.05) is 30.3 Å². The number of nitrogens with zero attached hydrogens (tertiary/aromatic N) is 4. The number of piperidine rings is 1. The standard InChI is InChI=1S/C31H38ClFN7O2P/c1-20(33)29(41)37-25-16-21(10-11-26(25)40-14-12-31(13-15-40)17-22(18-31)39(2)3)35-30-34-19-23(32)28(38-30)36-24-8-6-7-9-27(24)43(4,5)42/h6-11,16,19,22H,1,12-15,17-18H2,2-5H3,(H,37,41)(H2,34,35,36,38). The molecule has 1 saturated carbocycles. The molecule has 1 saturated heterocycles. The molecule has 43 heavy (non-hydrogen) atoms. The van der Waals surface area contributed by atoms with Crippen LogP contribution in [0.4, 0.5) is 38.9 Å². The minimum atomic E-state index is -2.57. The average Bonchev–Trinajstić information content (AvgIpc) is 2.93. The Balaban J connectivity index is 1.36. The lowest BCUT2D eigenvalue weighted by atomic mass is 9.60. The molecular weight excluding hydrogens is 588 g/mol. The van der Waals surface area contributed by atoms with E-state index < -0.39 is 18.9 Å². The minimum Gasteiger partial charge on any atom is -0.370 e. The van der Waals surface area contributed by atoms with Gasteiger partial charge >= 0.3 is 0 Å². The van der Waals surface area contributed by atoms with Crippen molar-refractivity contribution in [3.63, 3.8) is 0 Å². The number of amides is 1. The third-order valence-corrected chi connectivity index (χ3v) is 10.3. The molecule has 1 aromatic heterocycles. The van der Waals surface area contributed by atoms with Crippen LogP contribution < -0.4 is 26.2 Å². The molecule has 2 heterocycles. The van der Waals surface area contributed by atoms with Gasteiger partial charge in [0.05, 0.1) is 23.3 Å². The zero-order valence-electron chi connectivity index (χ0n) is 25.0. The van der Waals surface area contributed by atoms with Crippen LogP contribution in [-0.4, -0.2) is 67.3 Å². The van der Waals surface area contributed by atoms with Crippen LogP contribution in [-0.2, 0) is 9.36 Å². The molecule has 1 spiro atoms. The fourth-order valence-corrected chi connectivity index (χ4v) is 7.23. The number of aromatic nitrogens is 2. The van der Waals surface area contributed by atoms with Crippen molar-refractivity contribution in [2.24, 2.45) is 5.41 Å². The Bertz CT molecular complexity index is 1580. The maximum atomic E-state index is 13.7. The summed E-state index contributed by atoms with van der Waals surface area (Å²) in [5, 5.41) is 9.99. The number of carbonyl (C=O) groups is 1. The van der Waals surface area contributed by atoms with Crippen molar-refractivity contribution < 1.29 is 13.8 Å². The van der Waals surface area contributed by atoms with Crippen LogP contribution in [0.1, 0.15) is 25.7 Å². The van der Waals surface area contributed by atoms with E-state index in [1.807, 2.05) is 36.4 Å². The van der Waals surface area contributed by atoms with Gasteiger partial charge in [0, 0.05) is 30.1 Å². The van der Waals surface area contributed by atoms with Gasteiger partial charge in [-0.3, -0.25) is 4.79 Å². The maximum Gasteiger partial charge on any atom is 0.283 e. The van der Waals surface area contributed by atoms with E-state index in [4.69, 9.17) is 11.6 Å². The quantitative estimate of drug-likeness (QED) is 0.181. The van der Waals surface area contributed by atoms with Gasteiger partial charge in [-0.15, -0.1) is 0 Å². The van der Waals surface area contributed by atoms with E-state index in [0.29, 0.717) is 44.7 Å². The molecule has 2 aromatic carbocycles. The number of para-hydroxylation sites is 1. The van der Waals surface area contributed by atoms with E-state index in [1.165, 1.54) is 19.0 Å². The second-order valence-corrected chi connectivity index (χ2v) is 15.7. The summed E-state index contributed by atoms with van der Waals surface area (Å²) >= 11 is 6.41. The molecule has 2 aliphatic rings. The highest BCUT2D eigenvalue weighted by molar-refractivity contribution is 7.70. The summed E-state index contributed by atoms with van der Waals surface area (Å²) in [7, 11) is 1.71. The summed E-state index contributed by atoms with van der Waals surface area (Å²) in [6, 6.07) is 13.5. The molecule has 3 aromatic rings. The zero-order valence-corrected chi connectivity index (χ0v) is 26.6. The van der Waals surface area contributed by atoms with E-state index in [2.05, 4.69) is 56.4 Å². The number of hydrogen-bond acceptors (Lipinski definition) is 8. The number of halogens is 2. The van der Waals surface area contributed by atoms with Crippen LogP contribution in [0.15, 0.2) is 61.1 Å². The first kappa shape index (κ1) is 31.0. The Kier molecular flexibility index (Phi) is 8.84. The largest absolute Gasteiger partial charge is 0.370 e. The van der Waals surface area contributed by atoms with Crippen molar-refractivity contribution in [3.8, 4) is 0 Å². The van der Waals surface area contributed by atoms with E-state index in [0.717, 1.165) is 31.6 Å². The van der Waals surface area contributed by atoms with Gasteiger partial charge in [0.25, 0.3) is 5.91 Å². The lowest BCUT2D eigenvalue weighted by molar-refractivity contribution is -0.114. The Labute approximate surface area is 257 Å². The molecule has 0 unspecified atom stereocenters. The minimum absolute atomic E-state index is 0.251. The van der Waals surface area contributed by atoms with Crippen molar-refractivity contribution in [1.29, 1.82) is 0 Å². The first-order chi connectivity index (χ1) is 20.3. The number of carbonyl (C=O) groups excluding carboxylic acids is 1. The van der Waals surface area contributed by atoms with Crippen LogP contribution in [0.25, 0.3) is 0 Å². The highest BCUT2D eigenvalue weighted by Crippen LogP contribution is 2.51. The van der Waals surface area contributed by atoms with Gasteiger partial charge in [0.2, 0.25) is 5.95 Å². The second-order valence-electron chi connectivity index (χ2n) is 12.1. The van der Waals surface area contributed by atoms with Gasteiger partial charge in [-0.2, -0.15) is 4.98 Å². The van der Waals surface area contributed by atoms with Crippen molar-refractivity contribution in [3.05, 3.63) is 66.1 Å². The monoisotopic (exact) mass is 625 g/mol. The average molecular weight is 626 g/mol. The van der Waals surface area contributed by atoms with Crippen LogP contribution in [0.3, 0.4) is 0 Å². The summed E-state index contributed by atoms with van der Waals surface area (Å²) in [6.07, 6.45) is 6.03. The molecule has 1 amide bonds. The first-order valence-corrected chi connectivity index (χ1v) is 17.2. The van der Waals surface area contributed by atoms with Gasteiger partial charge < -0.3 is 30.3 Å². The molecule has 0 atom stereocenters. The van der Waals surface area contributed by atoms with E-state index >= 15 is 0 Å². The fourth-order valence-electron chi connectivity index (χ4n) is 5.94. The Hall–Kier alpha value is -3.46. The lowest BCUT2D eigenvalue weighted by Gasteiger charge is -2.54. The van der Waals surface area contributed by atoms with Gasteiger partial charge in [-0.05, 0) is 88.9 Å². The van der Waals surface area contributed by atoms with Crippen molar-refractivity contribution in [1.82, 2.24) is 14.9 Å². The Morgan fingerprint density at radius 1 is 1.12 bits per heavy atom. The van der Waals surface area contributed by atoms with Crippen molar-refractivity contribution in [2.75, 3.05) is 61.4 Å². The summed E-state index contributed by atoms with van der Waals surface area (Å²) < 4.78 is 26.5. The third kappa shape index (κ3) is 7.03. The van der Waals surface area contributed by atoms with E-state index in [9.17, 15) is 13.8 Å². The number of anilines is 6. The topological polar surface area (TPSA) is 102 Å². The van der Waals surface area contributed by atoms with Crippen LogP contribution in [0, 0.1) is 5.41 Å². The summed E-state index contributed by atoms with van der Waals surface area (Å²) in [6.45, 7) is 8.26. The molecule has 3 N–H and O–H groups in total. The molecule has 9 nitrogen and oxygen atoms in total. The van der Waals surface area contributed by atoms with E-state index in [1.54, 1.807) is 19.4 Å². The molecule has 228 valence electrons. The summed E-state index contributed by atoms with van der Waals surface area (Å²) in [5.41, 5.74) is 2.90. The van der Waals surface area contributed by atoms with Crippen LogP contribution in [0.5, 0.6) is 0 Å². The zero-order chi connectivity index (χ0) is 30.9. The molecule has 5 rings (SSSR count). The first-order valence-electron chi connectivity index (χ1n) is 14.3. The summed E-state index contributed by atoms with van der Waals surface area (Å²) in [4.78, 5) is 25.7. The van der Waals surface area contributed by atoms with Crippen LogP contribution >= 0.6 is 18.7 Å². The van der Waals surface area contributed by atoms with Crippen molar-refractivity contribution in [2.45, 2.75) is 31.7 Å². The molecule has 0 radical (unpaired) electrons. The normalized spacial score (nSPS) is 16.6. The predicted octanol–water partition coefficient (Wildman–Crippen LogP) is 6.60. The number of benzene rings is 2.